The molecule has 0 bridgehead atoms. The van der Waals surface area contributed by atoms with Crippen molar-refractivity contribution in [3.05, 3.63) is 0 Å². The average Bonchev–Trinajstić information content (AvgIpc) is 2.31. The average molecular weight is 286 g/mol. The molecule has 4 N–H and O–H groups in total. The van der Waals surface area contributed by atoms with Crippen molar-refractivity contribution in [1.82, 2.24) is 5.32 Å². The Morgan fingerprint density at radius 1 is 1.15 bits per heavy atom. The molecule has 0 aromatic rings. The minimum atomic E-state index is -0.765. The molecule has 118 valence electrons. The van der Waals surface area contributed by atoms with Crippen LogP contribution in [0, 0.1) is 17.8 Å². The van der Waals surface area contributed by atoms with Crippen LogP contribution in [0.2, 0.25) is 0 Å². The summed E-state index contributed by atoms with van der Waals surface area (Å²) in [5.74, 6) is 0.246. The van der Waals surface area contributed by atoms with Crippen LogP contribution < -0.4 is 11.1 Å². The van der Waals surface area contributed by atoms with E-state index in [1.165, 1.54) is 0 Å². The summed E-state index contributed by atoms with van der Waals surface area (Å²) in [6, 6.07) is -0.452. The Kier molecular flexibility index (Phi) is 9.21. The van der Waals surface area contributed by atoms with Gasteiger partial charge in [0, 0.05) is 13.0 Å². The van der Waals surface area contributed by atoms with E-state index in [1.54, 1.807) is 0 Å². The van der Waals surface area contributed by atoms with E-state index < -0.39 is 12.0 Å². The van der Waals surface area contributed by atoms with Crippen molar-refractivity contribution in [1.29, 1.82) is 0 Å². The second kappa shape index (κ2) is 9.75. The van der Waals surface area contributed by atoms with Gasteiger partial charge in [-0.1, -0.05) is 27.7 Å². The lowest BCUT2D eigenvalue weighted by molar-refractivity contribution is -0.137. The number of carbonyl (C=O) groups excluding carboxylic acids is 1. The van der Waals surface area contributed by atoms with E-state index in [9.17, 15) is 9.59 Å². The number of carboxylic acids is 1. The Hall–Kier alpha value is -1.10. The summed E-state index contributed by atoms with van der Waals surface area (Å²) in [5, 5.41) is 11.6. The third-order valence-corrected chi connectivity index (χ3v) is 3.55. The highest BCUT2D eigenvalue weighted by Crippen LogP contribution is 2.20. The van der Waals surface area contributed by atoms with Gasteiger partial charge in [-0.3, -0.25) is 9.59 Å². The minimum Gasteiger partial charge on any atom is -0.481 e. The van der Waals surface area contributed by atoms with Gasteiger partial charge in [0.1, 0.15) is 0 Å². The van der Waals surface area contributed by atoms with Crippen molar-refractivity contribution in [3.63, 3.8) is 0 Å². The van der Waals surface area contributed by atoms with E-state index in [0.29, 0.717) is 37.1 Å². The fraction of sp³-hybridized carbons (Fsp3) is 0.867. The molecular formula is C15H30N2O3. The predicted molar refractivity (Wildman–Crippen MR) is 80.3 cm³/mol. The van der Waals surface area contributed by atoms with Gasteiger partial charge >= 0.3 is 5.97 Å². The third-order valence-electron chi connectivity index (χ3n) is 3.55. The molecule has 0 fully saturated rings. The summed E-state index contributed by atoms with van der Waals surface area (Å²) in [6.07, 6.45) is 2.31. The number of carbonyl (C=O) groups is 2. The van der Waals surface area contributed by atoms with Gasteiger partial charge in [0.2, 0.25) is 5.91 Å². The Balaban J connectivity index is 4.04. The van der Waals surface area contributed by atoms with Gasteiger partial charge in [-0.25, -0.2) is 0 Å². The molecule has 5 nitrogen and oxygen atoms in total. The standard InChI is InChI=1S/C15H30N2O3/c1-10(2)9-13(16)15(20)17-8-7-12(11(3)4)5-6-14(18)19/h10-13H,5-9,16H2,1-4H3,(H,17,20)(H,18,19)/t12?,13-/m1/s1. The van der Waals surface area contributed by atoms with Gasteiger partial charge in [-0.15, -0.1) is 0 Å². The second-order valence-electron chi connectivity index (χ2n) is 6.25. The maximum atomic E-state index is 11.8. The van der Waals surface area contributed by atoms with Gasteiger partial charge in [0.25, 0.3) is 0 Å². The highest BCUT2D eigenvalue weighted by atomic mass is 16.4. The molecule has 2 atom stereocenters. The fourth-order valence-electron chi connectivity index (χ4n) is 2.25. The summed E-state index contributed by atoms with van der Waals surface area (Å²) >= 11 is 0. The van der Waals surface area contributed by atoms with Crippen molar-refractivity contribution in [2.45, 2.75) is 59.4 Å². The first-order valence-corrected chi connectivity index (χ1v) is 7.49. The summed E-state index contributed by atoms with van der Waals surface area (Å²) in [6.45, 7) is 8.80. The second-order valence-corrected chi connectivity index (χ2v) is 6.25. The van der Waals surface area contributed by atoms with Crippen LogP contribution in [0.25, 0.3) is 0 Å². The summed E-state index contributed by atoms with van der Waals surface area (Å²) in [7, 11) is 0. The van der Waals surface area contributed by atoms with Crippen molar-refractivity contribution >= 4 is 11.9 Å². The number of nitrogens with one attached hydrogen (secondary N) is 1. The molecule has 0 spiro atoms. The molecule has 20 heavy (non-hydrogen) atoms. The van der Waals surface area contributed by atoms with Gasteiger partial charge in [-0.2, -0.15) is 0 Å². The van der Waals surface area contributed by atoms with Gasteiger partial charge in [-0.05, 0) is 37.0 Å². The minimum absolute atomic E-state index is 0.112. The quantitative estimate of drug-likeness (QED) is 0.572. The van der Waals surface area contributed by atoms with Crippen molar-refractivity contribution in [2.24, 2.45) is 23.5 Å². The van der Waals surface area contributed by atoms with Gasteiger partial charge < -0.3 is 16.2 Å². The van der Waals surface area contributed by atoms with Crippen LogP contribution >= 0.6 is 0 Å². The SMILES string of the molecule is CC(C)C[C@@H](N)C(=O)NCCC(CCC(=O)O)C(C)C. The maximum absolute atomic E-state index is 11.8. The monoisotopic (exact) mass is 286 g/mol. The van der Waals surface area contributed by atoms with Crippen molar-refractivity contribution < 1.29 is 14.7 Å². The molecular weight excluding hydrogens is 256 g/mol. The molecule has 0 aliphatic carbocycles. The molecule has 5 heteroatoms. The molecule has 0 aliphatic heterocycles. The van der Waals surface area contributed by atoms with E-state index >= 15 is 0 Å². The molecule has 1 amide bonds. The highest BCUT2D eigenvalue weighted by Gasteiger charge is 2.17. The predicted octanol–water partition coefficient (Wildman–Crippen LogP) is 2.00. The maximum Gasteiger partial charge on any atom is 0.303 e. The fourth-order valence-corrected chi connectivity index (χ4v) is 2.25. The topological polar surface area (TPSA) is 92.4 Å². The first kappa shape index (κ1) is 18.9. The van der Waals surface area contributed by atoms with E-state index in [-0.39, 0.29) is 12.3 Å². The lowest BCUT2D eigenvalue weighted by atomic mass is 9.88. The Bertz CT molecular complexity index is 303. The molecule has 0 aliphatic rings. The number of carboxylic acid groups (broad SMARTS) is 1. The summed E-state index contributed by atoms with van der Waals surface area (Å²) in [5.41, 5.74) is 5.80. The molecule has 0 saturated carbocycles. The largest absolute Gasteiger partial charge is 0.481 e. The van der Waals surface area contributed by atoms with E-state index in [1.807, 2.05) is 13.8 Å². The highest BCUT2D eigenvalue weighted by molar-refractivity contribution is 5.81. The third kappa shape index (κ3) is 8.91. The summed E-state index contributed by atoms with van der Waals surface area (Å²) in [4.78, 5) is 22.4. The molecule has 0 heterocycles. The molecule has 0 aromatic heterocycles. The Morgan fingerprint density at radius 3 is 2.20 bits per heavy atom. The number of hydrogen-bond donors (Lipinski definition) is 3. The normalized spacial score (nSPS) is 14.3. The zero-order valence-corrected chi connectivity index (χ0v) is 13.2. The lowest BCUT2D eigenvalue weighted by Crippen LogP contribution is -2.42. The van der Waals surface area contributed by atoms with Gasteiger partial charge in [0.05, 0.1) is 6.04 Å². The van der Waals surface area contributed by atoms with E-state index in [2.05, 4.69) is 19.2 Å². The Morgan fingerprint density at radius 2 is 1.75 bits per heavy atom. The lowest BCUT2D eigenvalue weighted by Gasteiger charge is -2.21. The number of aliphatic carboxylic acids is 1. The first-order valence-electron chi connectivity index (χ1n) is 7.49. The Labute approximate surface area is 122 Å². The smallest absolute Gasteiger partial charge is 0.303 e. The van der Waals surface area contributed by atoms with Crippen LogP contribution in [0.5, 0.6) is 0 Å². The van der Waals surface area contributed by atoms with Crippen molar-refractivity contribution in [3.8, 4) is 0 Å². The van der Waals surface area contributed by atoms with E-state index in [0.717, 1.165) is 6.42 Å². The van der Waals surface area contributed by atoms with Crippen LogP contribution in [-0.2, 0) is 9.59 Å². The first-order chi connectivity index (χ1) is 9.23. The van der Waals surface area contributed by atoms with Crippen LogP contribution in [-0.4, -0.2) is 29.6 Å². The van der Waals surface area contributed by atoms with Crippen LogP contribution in [0.3, 0.4) is 0 Å². The molecule has 0 aromatic carbocycles. The van der Waals surface area contributed by atoms with Crippen LogP contribution in [0.15, 0.2) is 0 Å². The number of nitrogens with two attached hydrogens (primary N) is 1. The van der Waals surface area contributed by atoms with E-state index in [4.69, 9.17) is 10.8 Å². The number of rotatable bonds is 10. The molecule has 1 unspecified atom stereocenters. The molecule has 0 rings (SSSR count). The van der Waals surface area contributed by atoms with Crippen LogP contribution in [0.4, 0.5) is 0 Å². The van der Waals surface area contributed by atoms with Crippen molar-refractivity contribution in [2.75, 3.05) is 6.54 Å². The molecule has 0 radical (unpaired) electrons. The zero-order chi connectivity index (χ0) is 15.7. The number of hydrogen-bond acceptors (Lipinski definition) is 3. The zero-order valence-electron chi connectivity index (χ0n) is 13.2. The molecule has 0 saturated heterocycles. The summed E-state index contributed by atoms with van der Waals surface area (Å²) < 4.78 is 0. The van der Waals surface area contributed by atoms with Gasteiger partial charge in [0.15, 0.2) is 0 Å². The van der Waals surface area contributed by atoms with Crippen LogP contribution in [0.1, 0.15) is 53.4 Å². The number of amides is 1.